The first-order chi connectivity index (χ1) is 13.8. The van der Waals surface area contributed by atoms with E-state index < -0.39 is 0 Å². The molecule has 1 atom stereocenters. The fraction of sp³-hybridized carbons (Fsp3) is 0.286. The van der Waals surface area contributed by atoms with Crippen molar-refractivity contribution in [3.05, 3.63) is 48.8 Å². The zero-order valence-electron chi connectivity index (χ0n) is 15.6. The number of ether oxygens (including phenoxy) is 2. The molecule has 1 aliphatic heterocycles. The Morgan fingerprint density at radius 1 is 1.25 bits per heavy atom. The highest BCUT2D eigenvalue weighted by atomic mass is 16.5. The van der Waals surface area contributed by atoms with Crippen LogP contribution in [0.3, 0.4) is 0 Å². The van der Waals surface area contributed by atoms with Crippen LogP contribution in [0, 0.1) is 0 Å². The fourth-order valence-electron chi connectivity index (χ4n) is 3.71. The number of hydrogen-bond acceptors (Lipinski definition) is 6. The molecule has 0 amide bonds. The molecule has 28 heavy (non-hydrogen) atoms. The average molecular weight is 375 g/mol. The summed E-state index contributed by atoms with van der Waals surface area (Å²) in [7, 11) is 1.64. The first-order valence-electron chi connectivity index (χ1n) is 9.44. The number of nitrogens with one attached hydrogen (secondary N) is 1. The molecular weight excluding hydrogens is 354 g/mol. The summed E-state index contributed by atoms with van der Waals surface area (Å²) in [6, 6.07) is 12.5. The van der Waals surface area contributed by atoms with Gasteiger partial charge >= 0.3 is 0 Å². The molecule has 4 heterocycles. The number of methoxy groups -OCH3 is 1. The number of fused-ring (bicyclic) bond motifs is 2. The van der Waals surface area contributed by atoms with Gasteiger partial charge in [-0.25, -0.2) is 4.52 Å². The molecule has 0 saturated carbocycles. The van der Waals surface area contributed by atoms with E-state index in [1.165, 1.54) is 0 Å². The third-order valence-electron chi connectivity index (χ3n) is 5.08. The Morgan fingerprint density at radius 3 is 3.07 bits per heavy atom. The molecule has 7 heteroatoms. The molecule has 1 fully saturated rings. The maximum atomic E-state index is 5.61. The smallest absolute Gasteiger partial charge is 0.244 e. The van der Waals surface area contributed by atoms with Crippen molar-refractivity contribution < 1.29 is 9.47 Å². The summed E-state index contributed by atoms with van der Waals surface area (Å²) >= 11 is 0. The van der Waals surface area contributed by atoms with Crippen molar-refractivity contribution in [2.24, 2.45) is 0 Å². The maximum Gasteiger partial charge on any atom is 0.244 e. The summed E-state index contributed by atoms with van der Waals surface area (Å²) in [6.07, 6.45) is 5.83. The Labute approximate surface area is 162 Å². The van der Waals surface area contributed by atoms with Gasteiger partial charge in [-0.3, -0.25) is 4.98 Å². The van der Waals surface area contributed by atoms with Crippen LogP contribution in [0.15, 0.2) is 48.8 Å². The first-order valence-corrected chi connectivity index (χ1v) is 9.44. The molecule has 4 aromatic rings. The van der Waals surface area contributed by atoms with Crippen LogP contribution >= 0.6 is 0 Å². The molecule has 1 aliphatic rings. The zero-order valence-corrected chi connectivity index (χ0v) is 15.6. The second-order valence-corrected chi connectivity index (χ2v) is 6.94. The van der Waals surface area contributed by atoms with Crippen molar-refractivity contribution in [2.45, 2.75) is 18.9 Å². The highest BCUT2D eigenvalue weighted by Gasteiger charge is 2.18. The van der Waals surface area contributed by atoms with Crippen LogP contribution in [0.4, 0.5) is 5.95 Å². The third-order valence-corrected chi connectivity index (χ3v) is 5.08. The van der Waals surface area contributed by atoms with E-state index in [4.69, 9.17) is 9.47 Å². The van der Waals surface area contributed by atoms with Crippen molar-refractivity contribution >= 4 is 22.4 Å². The van der Waals surface area contributed by atoms with Crippen molar-refractivity contribution in [3.63, 3.8) is 0 Å². The predicted octanol–water partition coefficient (Wildman–Crippen LogP) is 3.54. The molecule has 1 N–H and O–H groups in total. The molecule has 7 nitrogen and oxygen atoms in total. The second-order valence-electron chi connectivity index (χ2n) is 6.94. The highest BCUT2D eigenvalue weighted by Crippen LogP contribution is 2.32. The largest absolute Gasteiger partial charge is 0.479 e. The molecule has 142 valence electrons. The number of anilines is 1. The number of hydrogen-bond donors (Lipinski definition) is 1. The van der Waals surface area contributed by atoms with Gasteiger partial charge in [-0.2, -0.15) is 4.98 Å². The van der Waals surface area contributed by atoms with Gasteiger partial charge in [0.05, 0.1) is 25.3 Å². The van der Waals surface area contributed by atoms with Crippen LogP contribution in [0.2, 0.25) is 0 Å². The minimum absolute atomic E-state index is 0.221. The van der Waals surface area contributed by atoms with Crippen molar-refractivity contribution in [2.75, 3.05) is 25.6 Å². The lowest BCUT2D eigenvalue weighted by molar-refractivity contribution is 0.0873. The van der Waals surface area contributed by atoms with Gasteiger partial charge in [-0.1, -0.05) is 12.1 Å². The summed E-state index contributed by atoms with van der Waals surface area (Å²) in [6.45, 7) is 1.50. The topological polar surface area (TPSA) is 73.6 Å². The molecule has 1 unspecified atom stereocenters. The summed E-state index contributed by atoms with van der Waals surface area (Å²) < 4.78 is 13.0. The Balaban J connectivity index is 1.56. The van der Waals surface area contributed by atoms with E-state index in [0.717, 1.165) is 47.0 Å². The molecule has 0 aliphatic carbocycles. The van der Waals surface area contributed by atoms with Crippen molar-refractivity contribution in [1.29, 1.82) is 0 Å². The van der Waals surface area contributed by atoms with Crippen LogP contribution in [0.1, 0.15) is 12.8 Å². The van der Waals surface area contributed by atoms with Gasteiger partial charge in [-0.05, 0) is 42.7 Å². The second kappa shape index (κ2) is 7.09. The van der Waals surface area contributed by atoms with E-state index in [9.17, 15) is 0 Å². The molecule has 0 spiro atoms. The Bertz CT molecular complexity index is 1130. The molecule has 1 aromatic carbocycles. The van der Waals surface area contributed by atoms with Gasteiger partial charge in [0.2, 0.25) is 11.8 Å². The first kappa shape index (κ1) is 16.9. The van der Waals surface area contributed by atoms with Gasteiger partial charge in [0.15, 0.2) is 0 Å². The number of pyridine rings is 1. The SMILES string of the molecule is COc1nc(NC2CCCOC2)nn2ccc(-c3ccc4ncccc4c3)c12. The van der Waals surface area contributed by atoms with Crippen molar-refractivity contribution in [1.82, 2.24) is 19.6 Å². The van der Waals surface area contributed by atoms with Crippen LogP contribution < -0.4 is 10.1 Å². The van der Waals surface area contributed by atoms with E-state index in [2.05, 4.69) is 38.6 Å². The lowest BCUT2D eigenvalue weighted by Gasteiger charge is -2.23. The Kier molecular flexibility index (Phi) is 4.29. The molecular formula is C21H21N5O2. The minimum Gasteiger partial charge on any atom is -0.479 e. The third kappa shape index (κ3) is 3.03. The monoisotopic (exact) mass is 375 g/mol. The van der Waals surface area contributed by atoms with Crippen LogP contribution in [0.25, 0.3) is 27.5 Å². The average Bonchev–Trinajstić information content (AvgIpc) is 3.17. The summed E-state index contributed by atoms with van der Waals surface area (Å²) in [5.41, 5.74) is 3.91. The van der Waals surface area contributed by atoms with E-state index in [1.807, 2.05) is 28.9 Å². The summed E-state index contributed by atoms with van der Waals surface area (Å²) in [5, 5.41) is 9.09. The molecule has 5 rings (SSSR count). The fourth-order valence-corrected chi connectivity index (χ4v) is 3.71. The molecule has 0 radical (unpaired) electrons. The van der Waals surface area contributed by atoms with E-state index >= 15 is 0 Å². The Morgan fingerprint density at radius 2 is 2.21 bits per heavy atom. The van der Waals surface area contributed by atoms with Gasteiger partial charge in [0, 0.05) is 30.0 Å². The van der Waals surface area contributed by atoms with E-state index in [1.54, 1.807) is 13.3 Å². The van der Waals surface area contributed by atoms with Crippen LogP contribution in [0.5, 0.6) is 5.88 Å². The molecule has 3 aromatic heterocycles. The minimum atomic E-state index is 0.221. The van der Waals surface area contributed by atoms with Gasteiger partial charge in [0.25, 0.3) is 0 Å². The maximum absolute atomic E-state index is 5.61. The van der Waals surface area contributed by atoms with Gasteiger partial charge in [-0.15, -0.1) is 5.10 Å². The summed E-state index contributed by atoms with van der Waals surface area (Å²) in [4.78, 5) is 8.99. The molecule has 1 saturated heterocycles. The lowest BCUT2D eigenvalue weighted by atomic mass is 10.0. The number of benzene rings is 1. The number of aromatic nitrogens is 4. The highest BCUT2D eigenvalue weighted by molar-refractivity contribution is 5.90. The van der Waals surface area contributed by atoms with Gasteiger partial charge in [0.1, 0.15) is 5.52 Å². The normalized spacial score (nSPS) is 17.1. The zero-order chi connectivity index (χ0) is 18.9. The van der Waals surface area contributed by atoms with Crippen LogP contribution in [-0.4, -0.2) is 45.9 Å². The number of nitrogens with zero attached hydrogens (tertiary/aromatic N) is 4. The molecule has 0 bridgehead atoms. The Hall–Kier alpha value is -3.19. The lowest BCUT2D eigenvalue weighted by Crippen LogP contribution is -2.31. The van der Waals surface area contributed by atoms with E-state index in [0.29, 0.717) is 18.4 Å². The standard InChI is InChI=1S/C21H21N5O2/c1-27-20-19-17(14-6-7-18-15(12-14)4-2-9-22-18)8-10-26(19)25-21(24-20)23-16-5-3-11-28-13-16/h2,4,6-10,12,16H,3,5,11,13H2,1H3,(H,23,25). The van der Waals surface area contributed by atoms with E-state index in [-0.39, 0.29) is 6.04 Å². The quantitative estimate of drug-likeness (QED) is 0.588. The summed E-state index contributed by atoms with van der Waals surface area (Å²) in [5.74, 6) is 1.09. The van der Waals surface area contributed by atoms with Crippen LogP contribution in [-0.2, 0) is 4.74 Å². The number of rotatable bonds is 4. The van der Waals surface area contributed by atoms with Crippen molar-refractivity contribution in [3.8, 4) is 17.0 Å². The van der Waals surface area contributed by atoms with Gasteiger partial charge < -0.3 is 14.8 Å². The predicted molar refractivity (Wildman–Crippen MR) is 108 cm³/mol.